The summed E-state index contributed by atoms with van der Waals surface area (Å²) in [5.74, 6) is 0.652. The van der Waals surface area contributed by atoms with E-state index >= 15 is 0 Å². The van der Waals surface area contributed by atoms with Crippen molar-refractivity contribution in [3.8, 4) is 5.75 Å². The molecule has 0 unspecified atom stereocenters. The topological polar surface area (TPSA) is 72.7 Å². The molecule has 0 aliphatic heterocycles. The van der Waals surface area contributed by atoms with Crippen molar-refractivity contribution >= 4 is 21.4 Å². The predicted octanol–water partition coefficient (Wildman–Crippen LogP) is 2.45. The molecular weight excluding hydrogens is 302 g/mol. The second kappa shape index (κ2) is 5.34. The minimum Gasteiger partial charge on any atom is -0.496 e. The summed E-state index contributed by atoms with van der Waals surface area (Å²) in [4.78, 5) is 4.31. The predicted molar refractivity (Wildman–Crippen MR) is 83.7 cm³/mol. The van der Waals surface area contributed by atoms with Crippen LogP contribution in [0.25, 0.3) is 5.65 Å². The Morgan fingerprint density at radius 3 is 2.77 bits per heavy atom. The Hall–Kier alpha value is -2.54. The number of pyridine rings is 1. The van der Waals surface area contributed by atoms with E-state index in [1.54, 1.807) is 61.3 Å². The van der Waals surface area contributed by atoms with Crippen LogP contribution in [0.5, 0.6) is 5.75 Å². The molecule has 22 heavy (non-hydrogen) atoms. The Balaban J connectivity index is 1.93. The Morgan fingerprint density at radius 2 is 2.05 bits per heavy atom. The maximum absolute atomic E-state index is 12.5. The van der Waals surface area contributed by atoms with Crippen molar-refractivity contribution in [1.82, 2.24) is 9.38 Å². The van der Waals surface area contributed by atoms with E-state index in [4.69, 9.17) is 4.74 Å². The van der Waals surface area contributed by atoms with Gasteiger partial charge in [-0.2, -0.15) is 0 Å². The lowest BCUT2D eigenvalue weighted by Gasteiger charge is -2.10. The first kappa shape index (κ1) is 14.4. The molecule has 7 heteroatoms. The number of aromatic nitrogens is 2. The maximum atomic E-state index is 12.5. The zero-order chi connectivity index (χ0) is 15.7. The molecule has 6 nitrogen and oxygen atoms in total. The van der Waals surface area contributed by atoms with Crippen molar-refractivity contribution < 1.29 is 13.2 Å². The molecule has 0 aliphatic rings. The molecule has 0 spiro atoms. The fourth-order valence-electron chi connectivity index (χ4n) is 2.21. The zero-order valence-corrected chi connectivity index (χ0v) is 13.0. The molecule has 2 heterocycles. The van der Waals surface area contributed by atoms with E-state index in [2.05, 4.69) is 9.71 Å². The van der Waals surface area contributed by atoms with Crippen molar-refractivity contribution in [3.63, 3.8) is 0 Å². The molecule has 0 bridgehead atoms. The first-order valence-corrected chi connectivity index (χ1v) is 8.08. The average Bonchev–Trinajstić information content (AvgIpc) is 2.94. The number of anilines is 1. The van der Waals surface area contributed by atoms with Gasteiger partial charge in [0.25, 0.3) is 10.0 Å². The number of ether oxygens (including phenoxy) is 1. The van der Waals surface area contributed by atoms with E-state index in [0.717, 1.165) is 11.2 Å². The highest BCUT2D eigenvalue weighted by atomic mass is 32.2. The van der Waals surface area contributed by atoms with E-state index in [0.29, 0.717) is 11.4 Å². The third kappa shape index (κ3) is 2.62. The van der Waals surface area contributed by atoms with Gasteiger partial charge in [0.15, 0.2) is 0 Å². The van der Waals surface area contributed by atoms with Crippen molar-refractivity contribution in [2.24, 2.45) is 0 Å². The smallest absolute Gasteiger partial charge is 0.261 e. The highest BCUT2D eigenvalue weighted by Crippen LogP contribution is 2.23. The summed E-state index contributed by atoms with van der Waals surface area (Å²) < 4.78 is 34.4. The number of benzene rings is 1. The van der Waals surface area contributed by atoms with Gasteiger partial charge in [0, 0.05) is 18.6 Å². The number of rotatable bonds is 4. The van der Waals surface area contributed by atoms with Gasteiger partial charge in [0.1, 0.15) is 11.4 Å². The molecule has 114 valence electrons. The molecule has 0 saturated carbocycles. The highest BCUT2D eigenvalue weighted by molar-refractivity contribution is 7.92. The molecular formula is C15H15N3O3S. The average molecular weight is 317 g/mol. The maximum Gasteiger partial charge on any atom is 0.261 e. The van der Waals surface area contributed by atoms with Crippen LogP contribution in [0.3, 0.4) is 0 Å². The lowest BCUT2D eigenvalue weighted by molar-refractivity contribution is 0.411. The number of nitrogens with one attached hydrogen (secondary N) is 1. The normalized spacial score (nSPS) is 11.5. The standard InChI is InChI=1S/C15H15N3O3S/c1-11-9-13(4-5-14(11)21-2)22(19,20)17-12-3-6-15-16-7-8-18(15)10-12/h3-10,17H,1-2H3. The van der Waals surface area contributed by atoms with Gasteiger partial charge in [-0.1, -0.05) is 0 Å². The molecule has 2 aromatic heterocycles. The Morgan fingerprint density at radius 1 is 1.23 bits per heavy atom. The molecule has 1 aromatic carbocycles. The number of nitrogens with zero attached hydrogens (tertiary/aromatic N) is 2. The quantitative estimate of drug-likeness (QED) is 0.802. The van der Waals surface area contributed by atoms with E-state index in [9.17, 15) is 8.42 Å². The van der Waals surface area contributed by atoms with Gasteiger partial charge >= 0.3 is 0 Å². The molecule has 0 radical (unpaired) electrons. The summed E-state index contributed by atoms with van der Waals surface area (Å²) in [7, 11) is -2.10. The molecule has 0 atom stereocenters. The number of sulfonamides is 1. The minimum atomic E-state index is -3.65. The van der Waals surface area contributed by atoms with Crippen molar-refractivity contribution in [3.05, 3.63) is 54.5 Å². The molecule has 0 fully saturated rings. The van der Waals surface area contributed by atoms with Crippen LogP contribution in [-0.4, -0.2) is 24.9 Å². The Kier molecular flexibility index (Phi) is 3.50. The third-order valence-corrected chi connectivity index (χ3v) is 4.70. The largest absolute Gasteiger partial charge is 0.496 e. The summed E-state index contributed by atoms with van der Waals surface area (Å²) in [6.07, 6.45) is 5.08. The van der Waals surface area contributed by atoms with Gasteiger partial charge in [0.2, 0.25) is 0 Å². The van der Waals surface area contributed by atoms with Gasteiger partial charge in [-0.3, -0.25) is 4.72 Å². The number of methoxy groups -OCH3 is 1. The Labute approximate surface area is 128 Å². The van der Waals surface area contributed by atoms with Gasteiger partial charge in [0.05, 0.1) is 17.7 Å². The van der Waals surface area contributed by atoms with Crippen LogP contribution in [0.15, 0.2) is 53.8 Å². The lowest BCUT2D eigenvalue weighted by atomic mass is 10.2. The summed E-state index contributed by atoms with van der Waals surface area (Å²) >= 11 is 0. The van der Waals surface area contributed by atoms with Crippen molar-refractivity contribution in [1.29, 1.82) is 0 Å². The first-order valence-electron chi connectivity index (χ1n) is 6.60. The van der Waals surface area contributed by atoms with Crippen LogP contribution in [0.1, 0.15) is 5.56 Å². The van der Waals surface area contributed by atoms with Gasteiger partial charge in [-0.25, -0.2) is 13.4 Å². The second-order valence-electron chi connectivity index (χ2n) is 4.85. The number of imidazole rings is 1. The highest BCUT2D eigenvalue weighted by Gasteiger charge is 2.16. The summed E-state index contributed by atoms with van der Waals surface area (Å²) in [5.41, 5.74) is 1.98. The van der Waals surface area contributed by atoms with Crippen LogP contribution in [0.4, 0.5) is 5.69 Å². The molecule has 1 N–H and O–H groups in total. The lowest BCUT2D eigenvalue weighted by Crippen LogP contribution is -2.13. The molecule has 0 aliphatic carbocycles. The molecule has 0 saturated heterocycles. The van der Waals surface area contributed by atoms with Crippen LogP contribution < -0.4 is 9.46 Å². The van der Waals surface area contributed by atoms with Gasteiger partial charge in [-0.05, 0) is 42.8 Å². The third-order valence-electron chi connectivity index (χ3n) is 3.32. The molecule has 3 rings (SSSR count). The zero-order valence-electron chi connectivity index (χ0n) is 12.1. The van der Waals surface area contributed by atoms with Crippen LogP contribution in [0.2, 0.25) is 0 Å². The Bertz CT molecular complexity index is 932. The summed E-state index contributed by atoms with van der Waals surface area (Å²) in [5, 5.41) is 0. The first-order chi connectivity index (χ1) is 10.5. The minimum absolute atomic E-state index is 0.191. The monoisotopic (exact) mass is 317 g/mol. The van der Waals surface area contributed by atoms with E-state index in [-0.39, 0.29) is 4.90 Å². The number of hydrogen-bond donors (Lipinski definition) is 1. The molecule has 0 amide bonds. The van der Waals surface area contributed by atoms with Crippen LogP contribution in [0, 0.1) is 6.92 Å². The van der Waals surface area contributed by atoms with Crippen LogP contribution >= 0.6 is 0 Å². The van der Waals surface area contributed by atoms with Crippen molar-refractivity contribution in [2.45, 2.75) is 11.8 Å². The summed E-state index contributed by atoms with van der Waals surface area (Å²) in [6.45, 7) is 1.80. The van der Waals surface area contributed by atoms with E-state index in [1.807, 2.05) is 0 Å². The van der Waals surface area contributed by atoms with E-state index < -0.39 is 10.0 Å². The summed E-state index contributed by atoms with van der Waals surface area (Å²) in [6, 6.07) is 8.16. The second-order valence-corrected chi connectivity index (χ2v) is 6.53. The molecule has 3 aromatic rings. The van der Waals surface area contributed by atoms with E-state index in [1.165, 1.54) is 6.07 Å². The fourth-order valence-corrected chi connectivity index (χ4v) is 3.34. The number of hydrogen-bond acceptors (Lipinski definition) is 4. The number of aryl methyl sites for hydroxylation is 1. The fraction of sp³-hybridized carbons (Fsp3) is 0.133. The SMILES string of the molecule is COc1ccc(S(=O)(=O)Nc2ccc3nccn3c2)cc1C. The van der Waals surface area contributed by atoms with Gasteiger partial charge in [-0.15, -0.1) is 0 Å². The van der Waals surface area contributed by atoms with Gasteiger partial charge < -0.3 is 9.14 Å². The van der Waals surface area contributed by atoms with Crippen LogP contribution in [-0.2, 0) is 10.0 Å². The number of fused-ring (bicyclic) bond motifs is 1. The van der Waals surface area contributed by atoms with Crippen molar-refractivity contribution in [2.75, 3.05) is 11.8 Å².